The van der Waals surface area contributed by atoms with Gasteiger partial charge in [0.1, 0.15) is 4.21 Å². The molecule has 0 radical (unpaired) electrons. The largest absolute Gasteiger partial charge is 0.430 e. The third-order valence-corrected chi connectivity index (χ3v) is 7.83. The topological polar surface area (TPSA) is 92.2 Å². The van der Waals surface area contributed by atoms with E-state index < -0.39 is 33.5 Å². The van der Waals surface area contributed by atoms with Gasteiger partial charge in [-0.05, 0) is 36.6 Å². The number of alkyl halides is 6. The second-order valence-corrected chi connectivity index (χ2v) is 10.2. The third-order valence-electron chi connectivity index (χ3n) is 4.29. The molecule has 178 valence electrons. The number of benzene rings is 1. The number of aromatic nitrogens is 2. The fourth-order valence-corrected chi connectivity index (χ4v) is 5.34. The van der Waals surface area contributed by atoms with Gasteiger partial charge >= 0.3 is 12.4 Å². The Kier molecular flexibility index (Phi) is 6.72. The van der Waals surface area contributed by atoms with E-state index in [-0.39, 0.29) is 9.90 Å². The molecule has 2 heterocycles. The zero-order chi connectivity index (χ0) is 24.7. The van der Waals surface area contributed by atoms with Crippen LogP contribution in [-0.4, -0.2) is 42.1 Å². The van der Waals surface area contributed by atoms with Crippen molar-refractivity contribution in [1.82, 2.24) is 9.97 Å². The number of nitrogens with zero attached hydrogens (tertiary/aromatic N) is 2. The van der Waals surface area contributed by atoms with E-state index in [1.807, 2.05) is 0 Å². The van der Waals surface area contributed by atoms with Gasteiger partial charge in [0.15, 0.2) is 5.16 Å². The van der Waals surface area contributed by atoms with Gasteiger partial charge in [-0.3, -0.25) is 4.72 Å². The van der Waals surface area contributed by atoms with Gasteiger partial charge in [-0.1, -0.05) is 23.9 Å². The lowest BCUT2D eigenvalue weighted by Gasteiger charge is -2.32. The fraction of sp³-hybridized carbons (Fsp3) is 0.222. The first-order valence-corrected chi connectivity index (χ1v) is 12.2. The lowest BCUT2D eigenvalue weighted by atomic mass is 9.92. The number of sulfonamides is 1. The minimum absolute atomic E-state index is 0.159. The quantitative estimate of drug-likeness (QED) is 0.264. The van der Waals surface area contributed by atoms with Crippen LogP contribution in [0.3, 0.4) is 0 Å². The van der Waals surface area contributed by atoms with Crippen LogP contribution in [0, 0.1) is 0 Å². The van der Waals surface area contributed by atoms with Crippen LogP contribution >= 0.6 is 23.1 Å². The van der Waals surface area contributed by atoms with Crippen molar-refractivity contribution in [3.05, 3.63) is 54.2 Å². The summed E-state index contributed by atoms with van der Waals surface area (Å²) in [6.45, 7) is 0. The highest BCUT2D eigenvalue weighted by Crippen LogP contribution is 2.50. The van der Waals surface area contributed by atoms with Gasteiger partial charge < -0.3 is 5.11 Å². The molecule has 3 rings (SSSR count). The molecule has 0 amide bonds. The lowest BCUT2D eigenvalue weighted by molar-refractivity contribution is -0.376. The Labute approximate surface area is 191 Å². The molecule has 2 N–H and O–H groups in total. The summed E-state index contributed by atoms with van der Waals surface area (Å²) in [6, 6.07) is 6.45. The van der Waals surface area contributed by atoms with Crippen molar-refractivity contribution in [3.8, 4) is 10.6 Å². The van der Waals surface area contributed by atoms with E-state index in [4.69, 9.17) is 0 Å². The molecule has 33 heavy (non-hydrogen) atoms. The Balaban J connectivity index is 1.86. The van der Waals surface area contributed by atoms with Crippen LogP contribution in [-0.2, 0) is 15.6 Å². The Morgan fingerprint density at radius 1 is 0.970 bits per heavy atom. The van der Waals surface area contributed by atoms with E-state index >= 15 is 0 Å². The molecule has 0 spiro atoms. The summed E-state index contributed by atoms with van der Waals surface area (Å²) in [6.07, 6.45) is -8.82. The molecule has 6 nitrogen and oxygen atoms in total. The Bertz CT molecular complexity index is 1230. The smallest absolute Gasteiger partial charge is 0.369 e. The molecule has 0 unspecified atom stereocenters. The van der Waals surface area contributed by atoms with E-state index in [2.05, 4.69) is 14.7 Å². The van der Waals surface area contributed by atoms with Crippen molar-refractivity contribution >= 4 is 38.8 Å². The Morgan fingerprint density at radius 2 is 1.58 bits per heavy atom. The number of hydrogen-bond acceptors (Lipinski definition) is 7. The van der Waals surface area contributed by atoms with Gasteiger partial charge in [0.05, 0.1) is 10.6 Å². The zero-order valence-electron chi connectivity index (χ0n) is 16.3. The van der Waals surface area contributed by atoms with Crippen molar-refractivity contribution in [3.63, 3.8) is 0 Å². The number of nitrogens with one attached hydrogen (secondary N) is 1. The van der Waals surface area contributed by atoms with Crippen LogP contribution in [0.2, 0.25) is 0 Å². The number of thioether (sulfide) groups is 1. The molecule has 0 bridgehead atoms. The summed E-state index contributed by atoms with van der Waals surface area (Å²) >= 11 is 2.15. The van der Waals surface area contributed by atoms with Gasteiger partial charge in [0.2, 0.25) is 0 Å². The number of halogens is 6. The van der Waals surface area contributed by atoms with E-state index in [9.17, 15) is 39.9 Å². The van der Waals surface area contributed by atoms with E-state index in [1.54, 1.807) is 12.3 Å². The molecule has 2 aromatic heterocycles. The van der Waals surface area contributed by atoms with Gasteiger partial charge in [-0.15, -0.1) is 11.3 Å². The predicted molar refractivity (Wildman–Crippen MR) is 110 cm³/mol. The average molecular weight is 530 g/mol. The van der Waals surface area contributed by atoms with Crippen LogP contribution < -0.4 is 4.72 Å². The fourth-order valence-electron chi connectivity index (χ4n) is 2.65. The van der Waals surface area contributed by atoms with Crippen molar-refractivity contribution < 1.29 is 39.9 Å². The van der Waals surface area contributed by atoms with E-state index in [0.717, 1.165) is 11.3 Å². The van der Waals surface area contributed by atoms with Gasteiger partial charge in [-0.25, -0.2) is 18.4 Å². The molecule has 1 aromatic carbocycles. The van der Waals surface area contributed by atoms with Crippen LogP contribution in [0.25, 0.3) is 10.6 Å². The highest BCUT2D eigenvalue weighted by atomic mass is 32.2. The second-order valence-electron chi connectivity index (χ2n) is 6.44. The Hall–Kier alpha value is -2.36. The molecule has 0 aliphatic rings. The Morgan fingerprint density at radius 3 is 2.12 bits per heavy atom. The maximum Gasteiger partial charge on any atom is 0.430 e. The van der Waals surface area contributed by atoms with Crippen molar-refractivity contribution in [2.45, 2.75) is 27.3 Å². The molecule has 15 heteroatoms. The van der Waals surface area contributed by atoms with Crippen LogP contribution in [0.15, 0.2) is 58.0 Å². The van der Waals surface area contributed by atoms with E-state index in [1.165, 1.54) is 30.1 Å². The number of hydrogen-bond donors (Lipinski definition) is 2. The molecule has 0 saturated carbocycles. The summed E-state index contributed by atoms with van der Waals surface area (Å²) in [4.78, 5) is 8.77. The number of rotatable bonds is 6. The zero-order valence-corrected chi connectivity index (χ0v) is 18.7. The summed E-state index contributed by atoms with van der Waals surface area (Å²) < 4.78 is 105. The van der Waals surface area contributed by atoms with Gasteiger partial charge in [0.25, 0.3) is 15.6 Å². The first-order chi connectivity index (χ1) is 15.2. The monoisotopic (exact) mass is 529 g/mol. The van der Waals surface area contributed by atoms with Gasteiger partial charge in [0, 0.05) is 17.4 Å². The molecule has 0 aliphatic carbocycles. The molecular formula is C18H13F6N3O3S3. The average Bonchev–Trinajstić information content (AvgIpc) is 3.23. The third kappa shape index (κ3) is 4.95. The van der Waals surface area contributed by atoms with Crippen molar-refractivity contribution in [2.24, 2.45) is 0 Å². The summed E-state index contributed by atoms with van der Waals surface area (Å²) in [5.74, 6) is 0. The summed E-state index contributed by atoms with van der Waals surface area (Å²) in [5, 5.41) is 9.88. The first kappa shape index (κ1) is 25.3. The van der Waals surface area contributed by atoms with Crippen LogP contribution in [0.1, 0.15) is 5.56 Å². The predicted octanol–water partition coefficient (Wildman–Crippen LogP) is 5.04. The molecule has 0 saturated heterocycles. The highest BCUT2D eigenvalue weighted by molar-refractivity contribution is 7.98. The normalized spacial score (nSPS) is 13.2. The van der Waals surface area contributed by atoms with Crippen molar-refractivity contribution in [1.29, 1.82) is 0 Å². The SMILES string of the molecule is CSc1nccc(-c2ccc(S(=O)(=O)Nc3ccc(C(O)(C(F)(F)F)C(F)(F)F)cc3)s2)n1. The van der Waals surface area contributed by atoms with E-state index in [0.29, 0.717) is 40.0 Å². The molecule has 3 aromatic rings. The first-order valence-electron chi connectivity index (χ1n) is 8.65. The molecule has 0 atom stereocenters. The van der Waals surface area contributed by atoms with Crippen molar-refractivity contribution in [2.75, 3.05) is 11.0 Å². The van der Waals surface area contributed by atoms with Crippen LogP contribution in [0.4, 0.5) is 32.0 Å². The standard InChI is InChI=1S/C18H13F6N3O3S3/c1-31-15-25-9-8-12(26-15)13-6-7-14(32-13)33(29,30)27-11-4-2-10(3-5-11)16(28,17(19,20)21)18(22,23)24/h2-9,27-28H,1H3. The molecule has 0 fully saturated rings. The summed E-state index contributed by atoms with van der Waals surface area (Å²) in [5.41, 5.74) is -6.43. The molecule has 0 aliphatic heterocycles. The second kappa shape index (κ2) is 8.77. The number of thiophene rings is 1. The number of anilines is 1. The lowest BCUT2D eigenvalue weighted by Crippen LogP contribution is -2.53. The highest BCUT2D eigenvalue weighted by Gasteiger charge is 2.71. The minimum Gasteiger partial charge on any atom is -0.369 e. The molecular weight excluding hydrogens is 516 g/mol. The number of aliphatic hydroxyl groups is 1. The maximum atomic E-state index is 13.0. The van der Waals surface area contributed by atoms with Gasteiger partial charge in [-0.2, -0.15) is 26.3 Å². The van der Waals surface area contributed by atoms with Crippen LogP contribution in [0.5, 0.6) is 0 Å². The summed E-state index contributed by atoms with van der Waals surface area (Å²) in [7, 11) is -4.21. The minimum atomic E-state index is -6.04. The maximum absolute atomic E-state index is 13.0.